The van der Waals surface area contributed by atoms with Gasteiger partial charge in [0.15, 0.2) is 0 Å². The number of halogens is 1. The summed E-state index contributed by atoms with van der Waals surface area (Å²) in [5.41, 5.74) is 7.34. The molecule has 5 aromatic rings. The van der Waals surface area contributed by atoms with Crippen molar-refractivity contribution < 1.29 is 4.79 Å². The predicted octanol–water partition coefficient (Wildman–Crippen LogP) is 6.64. The van der Waals surface area contributed by atoms with E-state index in [0.29, 0.717) is 23.0 Å². The van der Waals surface area contributed by atoms with Crippen LogP contribution in [0.25, 0.3) is 16.6 Å². The first-order chi connectivity index (χ1) is 18.9. The van der Waals surface area contributed by atoms with E-state index in [-0.39, 0.29) is 5.91 Å². The number of carbonyl (C=O) groups is 1. The Hall–Kier alpha value is -3.90. The molecule has 1 fully saturated rings. The van der Waals surface area contributed by atoms with Gasteiger partial charge in [0.25, 0.3) is 5.91 Å². The molecule has 6 nitrogen and oxygen atoms in total. The highest BCUT2D eigenvalue weighted by Crippen LogP contribution is 2.49. The molecule has 1 saturated carbocycles. The molecule has 39 heavy (non-hydrogen) atoms. The van der Waals surface area contributed by atoms with E-state index in [1.807, 2.05) is 23.6 Å². The van der Waals surface area contributed by atoms with Crippen molar-refractivity contribution in [3.8, 4) is 5.69 Å². The van der Waals surface area contributed by atoms with Crippen molar-refractivity contribution in [1.29, 1.82) is 0 Å². The minimum atomic E-state index is -0.560. The zero-order valence-corrected chi connectivity index (χ0v) is 22.9. The number of fused-ring (bicyclic) bond motifs is 3. The molecule has 3 heterocycles. The maximum Gasteiger partial charge on any atom is 0.253 e. The van der Waals surface area contributed by atoms with Crippen LogP contribution in [0.3, 0.4) is 0 Å². The zero-order chi connectivity index (χ0) is 26.7. The summed E-state index contributed by atoms with van der Waals surface area (Å²) in [6.07, 6.45) is 5.92. The average molecular weight is 536 g/mol. The van der Waals surface area contributed by atoms with Crippen LogP contribution < -0.4 is 5.32 Å². The second-order valence-corrected chi connectivity index (χ2v) is 11.5. The van der Waals surface area contributed by atoms with E-state index in [0.717, 1.165) is 29.9 Å². The highest BCUT2D eigenvalue weighted by Gasteiger charge is 2.41. The molecule has 7 rings (SSSR count). The normalized spacial score (nSPS) is 18.7. The summed E-state index contributed by atoms with van der Waals surface area (Å²) in [6.45, 7) is 4.73. The molecule has 3 aromatic carbocycles. The van der Waals surface area contributed by atoms with E-state index in [2.05, 4.69) is 69.5 Å². The molecular weight excluding hydrogens is 506 g/mol. The first kappa shape index (κ1) is 24.2. The summed E-state index contributed by atoms with van der Waals surface area (Å²) in [4.78, 5) is 13.9. The van der Waals surface area contributed by atoms with Crippen molar-refractivity contribution in [1.82, 2.24) is 24.6 Å². The molecule has 1 aliphatic heterocycles. The highest BCUT2D eigenvalue weighted by atomic mass is 35.5. The number of amides is 1. The number of benzene rings is 3. The molecule has 1 amide bonds. The lowest BCUT2D eigenvalue weighted by Crippen LogP contribution is -2.51. The van der Waals surface area contributed by atoms with Gasteiger partial charge in [-0.2, -0.15) is 0 Å². The van der Waals surface area contributed by atoms with Gasteiger partial charge < -0.3 is 9.88 Å². The summed E-state index contributed by atoms with van der Waals surface area (Å²) in [5.74, 6) is 1.24. The fourth-order valence-electron chi connectivity index (χ4n) is 6.34. The summed E-state index contributed by atoms with van der Waals surface area (Å²) in [6, 6.07) is 22.6. The lowest BCUT2D eigenvalue weighted by molar-refractivity contribution is 0.0868. The Balaban J connectivity index is 1.29. The summed E-state index contributed by atoms with van der Waals surface area (Å²) in [7, 11) is 0. The number of hydrogen-bond donors (Lipinski definition) is 1. The number of carbonyl (C=O) groups excluding carboxylic acids is 1. The van der Waals surface area contributed by atoms with Crippen molar-refractivity contribution in [3.05, 3.63) is 112 Å². The largest absolute Gasteiger partial charge is 0.342 e. The van der Waals surface area contributed by atoms with Crippen LogP contribution in [0, 0.1) is 13.8 Å². The number of aromatic nitrogens is 4. The van der Waals surface area contributed by atoms with Gasteiger partial charge in [-0.05, 0) is 86.9 Å². The van der Waals surface area contributed by atoms with Gasteiger partial charge in [-0.25, -0.2) is 0 Å². The maximum atomic E-state index is 13.9. The van der Waals surface area contributed by atoms with Gasteiger partial charge in [-0.15, -0.1) is 10.2 Å². The molecule has 1 atom stereocenters. The number of hydrogen-bond acceptors (Lipinski definition) is 3. The molecule has 7 heteroatoms. The molecule has 2 aromatic heterocycles. The predicted molar refractivity (Wildman–Crippen MR) is 154 cm³/mol. The first-order valence-corrected chi connectivity index (χ1v) is 14.0. The topological polar surface area (TPSA) is 64.7 Å². The Kier molecular flexibility index (Phi) is 5.63. The Bertz CT molecular complexity index is 1730. The fraction of sp³-hybridized carbons (Fsp3) is 0.281. The first-order valence-electron chi connectivity index (χ1n) is 13.6. The van der Waals surface area contributed by atoms with Crippen LogP contribution in [0.5, 0.6) is 0 Å². The van der Waals surface area contributed by atoms with Gasteiger partial charge in [0.2, 0.25) is 0 Å². The smallest absolute Gasteiger partial charge is 0.253 e. The van der Waals surface area contributed by atoms with E-state index in [9.17, 15) is 4.79 Å². The number of rotatable bonds is 5. The van der Waals surface area contributed by atoms with Crippen LogP contribution in [0.15, 0.2) is 73.1 Å². The quantitative estimate of drug-likeness (QED) is 0.274. The van der Waals surface area contributed by atoms with Gasteiger partial charge in [-0.3, -0.25) is 9.36 Å². The minimum absolute atomic E-state index is 0.172. The second-order valence-electron chi connectivity index (χ2n) is 11.1. The average Bonchev–Trinajstić information content (AvgIpc) is 3.60. The standard InChI is InChI=1S/C32H30ClN5O/c1-20-8-13-28-26(16-20)30(22-9-10-22)29-14-15-32(18-37(28)29,23-6-4-3-5-7-23)35-31(39)25-12-11-24(17-27(25)33)38-19-34-36-21(38)2/h3-8,11-13,16-17,19,22H,9-10,14-15,18H2,1-2H3,(H,35,39)/t32-/m1/s1. The van der Waals surface area contributed by atoms with Crippen molar-refractivity contribution in [2.75, 3.05) is 0 Å². The Morgan fingerprint density at radius 2 is 1.87 bits per heavy atom. The zero-order valence-electron chi connectivity index (χ0n) is 22.1. The van der Waals surface area contributed by atoms with E-state index in [1.54, 1.807) is 18.5 Å². The van der Waals surface area contributed by atoms with E-state index >= 15 is 0 Å². The van der Waals surface area contributed by atoms with Gasteiger partial charge in [0.1, 0.15) is 12.2 Å². The summed E-state index contributed by atoms with van der Waals surface area (Å²) < 4.78 is 4.32. The monoisotopic (exact) mass is 535 g/mol. The lowest BCUT2D eigenvalue weighted by atomic mass is 9.81. The molecule has 0 saturated heterocycles. The summed E-state index contributed by atoms with van der Waals surface area (Å²) >= 11 is 6.70. The fourth-order valence-corrected chi connectivity index (χ4v) is 6.60. The van der Waals surface area contributed by atoms with Crippen LogP contribution in [-0.4, -0.2) is 25.2 Å². The third-order valence-electron chi connectivity index (χ3n) is 8.44. The maximum absolute atomic E-state index is 13.9. The van der Waals surface area contributed by atoms with Crippen LogP contribution in [0.2, 0.25) is 5.02 Å². The lowest BCUT2D eigenvalue weighted by Gasteiger charge is -2.40. The van der Waals surface area contributed by atoms with Gasteiger partial charge in [0.05, 0.1) is 22.7 Å². The Morgan fingerprint density at radius 3 is 2.59 bits per heavy atom. The number of nitrogens with one attached hydrogen (secondary N) is 1. The van der Waals surface area contributed by atoms with Crippen molar-refractivity contribution in [2.45, 2.75) is 57.5 Å². The van der Waals surface area contributed by atoms with E-state index in [4.69, 9.17) is 11.6 Å². The Labute approximate surface area is 232 Å². The molecule has 1 N–H and O–H groups in total. The summed E-state index contributed by atoms with van der Waals surface area (Å²) in [5, 5.41) is 13.3. The molecule has 0 bridgehead atoms. The van der Waals surface area contributed by atoms with Crippen LogP contribution in [0.4, 0.5) is 0 Å². The molecule has 0 unspecified atom stereocenters. The van der Waals surface area contributed by atoms with E-state index in [1.165, 1.54) is 40.6 Å². The Morgan fingerprint density at radius 1 is 1.05 bits per heavy atom. The van der Waals surface area contributed by atoms with Gasteiger partial charge in [0, 0.05) is 22.3 Å². The van der Waals surface area contributed by atoms with Crippen molar-refractivity contribution >= 4 is 28.4 Å². The second kappa shape index (κ2) is 9.09. The SMILES string of the molecule is Cc1ccc2c(c1)c(C1CC1)c1n2C[C@@](NC(=O)c2ccc(-n3cnnc3C)cc2Cl)(c2ccccc2)CC1. The van der Waals surface area contributed by atoms with Gasteiger partial charge in [-0.1, -0.05) is 53.6 Å². The van der Waals surface area contributed by atoms with Crippen molar-refractivity contribution in [3.63, 3.8) is 0 Å². The molecule has 196 valence electrons. The minimum Gasteiger partial charge on any atom is -0.342 e. The van der Waals surface area contributed by atoms with Crippen LogP contribution in [-0.2, 0) is 18.5 Å². The molecule has 0 radical (unpaired) electrons. The molecular formula is C32H30ClN5O. The van der Waals surface area contributed by atoms with Crippen LogP contribution in [0.1, 0.15) is 63.7 Å². The highest BCUT2D eigenvalue weighted by molar-refractivity contribution is 6.34. The number of aryl methyl sites for hydroxylation is 2. The van der Waals surface area contributed by atoms with Crippen LogP contribution >= 0.6 is 11.6 Å². The third-order valence-corrected chi connectivity index (χ3v) is 8.76. The molecule has 1 aliphatic carbocycles. The number of nitrogens with zero attached hydrogens (tertiary/aromatic N) is 4. The van der Waals surface area contributed by atoms with Gasteiger partial charge >= 0.3 is 0 Å². The molecule has 0 spiro atoms. The van der Waals surface area contributed by atoms with Crippen molar-refractivity contribution in [2.24, 2.45) is 0 Å². The molecule has 2 aliphatic rings. The van der Waals surface area contributed by atoms with E-state index < -0.39 is 5.54 Å². The third kappa shape index (κ3) is 4.05.